The van der Waals surface area contributed by atoms with E-state index in [4.69, 9.17) is 10.7 Å². The lowest BCUT2D eigenvalue weighted by atomic mass is 9.78. The quantitative estimate of drug-likeness (QED) is 0.905. The number of aryl methyl sites for hydroxylation is 1. The minimum atomic E-state index is -0.0478. The highest BCUT2D eigenvalue weighted by molar-refractivity contribution is 5.44. The van der Waals surface area contributed by atoms with Gasteiger partial charge in [-0.25, -0.2) is 9.97 Å². The normalized spacial score (nSPS) is 17.3. The second kappa shape index (κ2) is 4.89. The van der Waals surface area contributed by atoms with Crippen LogP contribution in [-0.2, 0) is 5.41 Å². The molecule has 0 aliphatic heterocycles. The van der Waals surface area contributed by atoms with Crippen LogP contribution in [0.25, 0.3) is 0 Å². The molecule has 3 rings (SSSR count). The maximum atomic E-state index is 6.07. The summed E-state index contributed by atoms with van der Waals surface area (Å²) in [4.78, 5) is 9.40. The smallest absolute Gasteiger partial charge is 0.141 e. The van der Waals surface area contributed by atoms with Crippen molar-refractivity contribution in [1.82, 2.24) is 9.97 Å². The number of anilines is 1. The lowest BCUT2D eigenvalue weighted by Crippen LogP contribution is -2.27. The third-order valence-electron chi connectivity index (χ3n) is 4.64. The third kappa shape index (κ3) is 1.98. The molecule has 1 aliphatic carbocycles. The Hall–Kier alpha value is -1.90. The Labute approximate surface area is 120 Å². The number of benzene rings is 1. The van der Waals surface area contributed by atoms with E-state index >= 15 is 0 Å². The van der Waals surface area contributed by atoms with Crippen molar-refractivity contribution in [3.8, 4) is 0 Å². The fraction of sp³-hybridized carbons (Fsp3) is 0.412. The molecule has 1 aliphatic rings. The molecular weight excluding hydrogens is 246 g/mol. The standard InChI is InChI=1S/C17H21N3/c1-12-13(2)19-16(20-15(12)18)17(10-6-7-11-17)14-8-4-3-5-9-14/h3-5,8-9H,6-7,10-11H2,1-2H3,(H2,18,19,20). The van der Waals surface area contributed by atoms with Crippen LogP contribution in [0.2, 0.25) is 0 Å². The summed E-state index contributed by atoms with van der Waals surface area (Å²) in [6, 6.07) is 10.6. The lowest BCUT2D eigenvalue weighted by Gasteiger charge is -2.28. The summed E-state index contributed by atoms with van der Waals surface area (Å²) < 4.78 is 0. The largest absolute Gasteiger partial charge is 0.383 e. The summed E-state index contributed by atoms with van der Waals surface area (Å²) in [7, 11) is 0. The molecule has 1 heterocycles. The highest BCUT2D eigenvalue weighted by Gasteiger charge is 2.40. The van der Waals surface area contributed by atoms with Gasteiger partial charge in [0, 0.05) is 11.3 Å². The number of aromatic nitrogens is 2. The maximum Gasteiger partial charge on any atom is 0.141 e. The second-order valence-corrected chi connectivity index (χ2v) is 5.80. The number of hydrogen-bond acceptors (Lipinski definition) is 3. The van der Waals surface area contributed by atoms with E-state index < -0.39 is 0 Å². The molecule has 1 fully saturated rings. The summed E-state index contributed by atoms with van der Waals surface area (Å²) in [5.41, 5.74) is 9.34. The number of nitrogens with zero attached hydrogens (tertiary/aromatic N) is 2. The zero-order chi connectivity index (χ0) is 14.2. The molecule has 1 aromatic heterocycles. The highest BCUT2D eigenvalue weighted by Crippen LogP contribution is 2.45. The summed E-state index contributed by atoms with van der Waals surface area (Å²) in [6.45, 7) is 4.00. The van der Waals surface area contributed by atoms with Gasteiger partial charge in [-0.15, -0.1) is 0 Å². The van der Waals surface area contributed by atoms with Gasteiger partial charge in [0.15, 0.2) is 0 Å². The molecule has 0 amide bonds. The number of nitrogen functional groups attached to an aromatic ring is 1. The van der Waals surface area contributed by atoms with Crippen molar-refractivity contribution in [2.24, 2.45) is 0 Å². The molecule has 0 unspecified atom stereocenters. The van der Waals surface area contributed by atoms with Crippen LogP contribution in [-0.4, -0.2) is 9.97 Å². The van der Waals surface area contributed by atoms with Crippen LogP contribution in [0.5, 0.6) is 0 Å². The number of nitrogens with two attached hydrogens (primary N) is 1. The van der Waals surface area contributed by atoms with Crippen LogP contribution in [0.4, 0.5) is 5.82 Å². The first-order valence-electron chi connectivity index (χ1n) is 7.30. The van der Waals surface area contributed by atoms with Crippen molar-refractivity contribution in [3.05, 3.63) is 53.0 Å². The predicted molar refractivity (Wildman–Crippen MR) is 81.6 cm³/mol. The summed E-state index contributed by atoms with van der Waals surface area (Å²) in [5, 5.41) is 0. The number of rotatable bonds is 2. The fourth-order valence-corrected chi connectivity index (χ4v) is 3.24. The molecular formula is C17H21N3. The van der Waals surface area contributed by atoms with Crippen LogP contribution in [0.15, 0.2) is 30.3 Å². The molecule has 2 N–H and O–H groups in total. The van der Waals surface area contributed by atoms with E-state index in [0.717, 1.165) is 29.9 Å². The molecule has 20 heavy (non-hydrogen) atoms. The van der Waals surface area contributed by atoms with Gasteiger partial charge < -0.3 is 5.73 Å². The van der Waals surface area contributed by atoms with Gasteiger partial charge >= 0.3 is 0 Å². The Morgan fingerprint density at radius 3 is 2.25 bits per heavy atom. The Kier molecular flexibility index (Phi) is 3.20. The third-order valence-corrected chi connectivity index (χ3v) is 4.64. The van der Waals surface area contributed by atoms with E-state index in [1.165, 1.54) is 18.4 Å². The molecule has 0 saturated heterocycles. The van der Waals surface area contributed by atoms with Gasteiger partial charge in [0.05, 0.1) is 5.41 Å². The van der Waals surface area contributed by atoms with Crippen molar-refractivity contribution < 1.29 is 0 Å². The Bertz CT molecular complexity index is 590. The van der Waals surface area contributed by atoms with Gasteiger partial charge in [-0.1, -0.05) is 43.2 Å². The molecule has 0 spiro atoms. The predicted octanol–water partition coefficient (Wildman–Crippen LogP) is 3.54. The Balaban J connectivity index is 2.17. The number of hydrogen-bond donors (Lipinski definition) is 1. The molecule has 0 bridgehead atoms. The van der Waals surface area contributed by atoms with Gasteiger partial charge in [0.2, 0.25) is 0 Å². The van der Waals surface area contributed by atoms with Gasteiger partial charge in [-0.3, -0.25) is 0 Å². The van der Waals surface area contributed by atoms with Crippen molar-refractivity contribution in [1.29, 1.82) is 0 Å². The monoisotopic (exact) mass is 267 g/mol. The molecule has 3 heteroatoms. The van der Waals surface area contributed by atoms with Crippen molar-refractivity contribution in [2.75, 3.05) is 5.73 Å². The van der Waals surface area contributed by atoms with Crippen molar-refractivity contribution >= 4 is 5.82 Å². The lowest BCUT2D eigenvalue weighted by molar-refractivity contribution is 0.498. The topological polar surface area (TPSA) is 51.8 Å². The zero-order valence-electron chi connectivity index (χ0n) is 12.2. The zero-order valence-corrected chi connectivity index (χ0v) is 12.2. The van der Waals surface area contributed by atoms with E-state index in [9.17, 15) is 0 Å². The Morgan fingerprint density at radius 2 is 1.65 bits per heavy atom. The van der Waals surface area contributed by atoms with Crippen LogP contribution in [0.3, 0.4) is 0 Å². The van der Waals surface area contributed by atoms with Crippen LogP contribution >= 0.6 is 0 Å². The van der Waals surface area contributed by atoms with E-state index in [2.05, 4.69) is 35.3 Å². The molecule has 0 atom stereocenters. The first-order chi connectivity index (χ1) is 9.63. The van der Waals surface area contributed by atoms with Crippen molar-refractivity contribution in [3.63, 3.8) is 0 Å². The average molecular weight is 267 g/mol. The molecule has 2 aromatic rings. The van der Waals surface area contributed by atoms with Gasteiger partial charge in [0.25, 0.3) is 0 Å². The molecule has 1 aromatic carbocycles. The molecule has 104 valence electrons. The van der Waals surface area contributed by atoms with E-state index in [-0.39, 0.29) is 5.41 Å². The highest BCUT2D eigenvalue weighted by atomic mass is 15.0. The average Bonchev–Trinajstić information content (AvgIpc) is 2.96. The summed E-state index contributed by atoms with van der Waals surface area (Å²) >= 11 is 0. The summed E-state index contributed by atoms with van der Waals surface area (Å²) in [5.74, 6) is 1.52. The first kappa shape index (κ1) is 13.1. The minimum absolute atomic E-state index is 0.0478. The van der Waals surface area contributed by atoms with E-state index in [0.29, 0.717) is 5.82 Å². The van der Waals surface area contributed by atoms with Crippen LogP contribution < -0.4 is 5.73 Å². The minimum Gasteiger partial charge on any atom is -0.383 e. The van der Waals surface area contributed by atoms with Gasteiger partial charge in [-0.2, -0.15) is 0 Å². The van der Waals surface area contributed by atoms with Crippen molar-refractivity contribution in [2.45, 2.75) is 44.9 Å². The summed E-state index contributed by atoms with van der Waals surface area (Å²) in [6.07, 6.45) is 4.67. The van der Waals surface area contributed by atoms with Crippen LogP contribution in [0, 0.1) is 13.8 Å². The van der Waals surface area contributed by atoms with E-state index in [1.54, 1.807) is 0 Å². The molecule has 3 nitrogen and oxygen atoms in total. The fourth-order valence-electron chi connectivity index (χ4n) is 3.24. The maximum absolute atomic E-state index is 6.07. The van der Waals surface area contributed by atoms with E-state index in [1.807, 2.05) is 13.8 Å². The second-order valence-electron chi connectivity index (χ2n) is 5.80. The van der Waals surface area contributed by atoms with Gasteiger partial charge in [0.1, 0.15) is 11.6 Å². The van der Waals surface area contributed by atoms with Gasteiger partial charge in [-0.05, 0) is 32.3 Å². The molecule has 0 radical (unpaired) electrons. The first-order valence-corrected chi connectivity index (χ1v) is 7.30. The van der Waals surface area contributed by atoms with Crippen LogP contribution in [0.1, 0.15) is 48.3 Å². The molecule has 1 saturated carbocycles. The SMILES string of the molecule is Cc1nc(C2(c3ccccc3)CCCC2)nc(N)c1C. The Morgan fingerprint density at radius 1 is 1.00 bits per heavy atom.